The number of aromatic nitrogens is 5. The molecule has 4 aromatic rings. The molecular weight excluding hydrogens is 342 g/mol. The van der Waals surface area contributed by atoms with Gasteiger partial charge in [0.25, 0.3) is 6.01 Å². The lowest BCUT2D eigenvalue weighted by molar-refractivity contribution is 0.585. The van der Waals surface area contributed by atoms with Crippen LogP contribution in [0.1, 0.15) is 19.8 Å². The predicted octanol–water partition coefficient (Wildman–Crippen LogP) is 3.25. The van der Waals surface area contributed by atoms with Crippen molar-refractivity contribution in [3.8, 4) is 11.3 Å². The lowest BCUT2D eigenvalue weighted by atomic mass is 10.1. The van der Waals surface area contributed by atoms with E-state index in [0.29, 0.717) is 27.8 Å². The molecule has 0 radical (unpaired) electrons. The minimum Gasteiger partial charge on any atom is -0.424 e. The molecular formula is C16H16ClN7O. The molecule has 4 rings (SSSR count). The molecule has 0 unspecified atom stereocenters. The Morgan fingerprint density at radius 3 is 2.84 bits per heavy atom. The van der Waals surface area contributed by atoms with E-state index in [4.69, 9.17) is 32.6 Å². The van der Waals surface area contributed by atoms with Gasteiger partial charge in [-0.3, -0.25) is 0 Å². The summed E-state index contributed by atoms with van der Waals surface area (Å²) in [6.07, 6.45) is 2.01. The molecule has 25 heavy (non-hydrogen) atoms. The van der Waals surface area contributed by atoms with Gasteiger partial charge in [0.15, 0.2) is 11.2 Å². The monoisotopic (exact) mass is 357 g/mol. The first kappa shape index (κ1) is 15.6. The summed E-state index contributed by atoms with van der Waals surface area (Å²) in [5.74, 6) is 0.126. The lowest BCUT2D eigenvalue weighted by Crippen LogP contribution is -2.03. The maximum absolute atomic E-state index is 6.35. The fourth-order valence-electron chi connectivity index (χ4n) is 2.80. The molecule has 4 N–H and O–H groups in total. The summed E-state index contributed by atoms with van der Waals surface area (Å²) >= 11 is 6.35. The van der Waals surface area contributed by atoms with Crippen LogP contribution in [0.15, 0.2) is 22.6 Å². The summed E-state index contributed by atoms with van der Waals surface area (Å²) in [6, 6.07) is 5.66. The Hall–Kier alpha value is -2.87. The number of nitrogens with zero attached hydrogens (tertiary/aromatic N) is 5. The summed E-state index contributed by atoms with van der Waals surface area (Å²) in [5.41, 5.74) is 14.8. The number of rotatable bonds is 4. The minimum absolute atomic E-state index is 0.125. The van der Waals surface area contributed by atoms with E-state index in [-0.39, 0.29) is 17.1 Å². The van der Waals surface area contributed by atoms with E-state index in [1.807, 2.05) is 16.8 Å². The van der Waals surface area contributed by atoms with Crippen LogP contribution in [0.5, 0.6) is 0 Å². The Morgan fingerprint density at radius 1 is 1.20 bits per heavy atom. The maximum atomic E-state index is 6.35. The van der Waals surface area contributed by atoms with Crippen LogP contribution in [-0.4, -0.2) is 24.7 Å². The Balaban J connectivity index is 1.95. The second-order valence-corrected chi connectivity index (χ2v) is 6.09. The molecule has 0 bridgehead atoms. The van der Waals surface area contributed by atoms with Gasteiger partial charge >= 0.3 is 0 Å². The number of halogens is 1. The zero-order valence-corrected chi connectivity index (χ0v) is 14.3. The first-order chi connectivity index (χ1) is 12.1. The van der Waals surface area contributed by atoms with Crippen molar-refractivity contribution in [1.29, 1.82) is 0 Å². The van der Waals surface area contributed by atoms with Gasteiger partial charge in [0, 0.05) is 12.1 Å². The third-order valence-corrected chi connectivity index (χ3v) is 4.24. The van der Waals surface area contributed by atoms with Crippen molar-refractivity contribution >= 4 is 45.7 Å². The number of nitrogens with two attached hydrogens (primary N) is 2. The molecule has 3 heterocycles. The minimum atomic E-state index is 0.125. The van der Waals surface area contributed by atoms with Gasteiger partial charge in [0.2, 0.25) is 5.95 Å². The average molecular weight is 358 g/mol. The van der Waals surface area contributed by atoms with Crippen LogP contribution in [0.25, 0.3) is 33.4 Å². The van der Waals surface area contributed by atoms with Crippen LogP contribution in [0.4, 0.5) is 12.0 Å². The number of benzene rings is 1. The Morgan fingerprint density at radius 2 is 2.04 bits per heavy atom. The van der Waals surface area contributed by atoms with Crippen LogP contribution in [-0.2, 0) is 6.54 Å². The molecule has 0 saturated heterocycles. The highest BCUT2D eigenvalue weighted by atomic mass is 35.5. The molecule has 0 fully saturated rings. The van der Waals surface area contributed by atoms with Gasteiger partial charge in [-0.05, 0) is 24.6 Å². The summed E-state index contributed by atoms with van der Waals surface area (Å²) in [6.45, 7) is 2.84. The van der Waals surface area contributed by atoms with Crippen LogP contribution in [0.2, 0.25) is 5.15 Å². The molecule has 3 aromatic heterocycles. The maximum Gasteiger partial charge on any atom is 0.292 e. The van der Waals surface area contributed by atoms with Crippen molar-refractivity contribution in [3.05, 3.63) is 23.4 Å². The topological polar surface area (TPSA) is 122 Å². The highest BCUT2D eigenvalue weighted by molar-refractivity contribution is 6.35. The van der Waals surface area contributed by atoms with Gasteiger partial charge in [-0.15, -0.1) is 0 Å². The zero-order chi connectivity index (χ0) is 17.6. The fraction of sp³-hybridized carbons (Fsp3) is 0.250. The number of nitrogen functional groups attached to an aromatic ring is 2. The van der Waals surface area contributed by atoms with Crippen molar-refractivity contribution < 1.29 is 4.42 Å². The third-order valence-electron chi connectivity index (χ3n) is 3.97. The van der Waals surface area contributed by atoms with Gasteiger partial charge in [0.1, 0.15) is 16.4 Å². The van der Waals surface area contributed by atoms with Crippen LogP contribution in [0.3, 0.4) is 0 Å². The van der Waals surface area contributed by atoms with Crippen LogP contribution in [0, 0.1) is 0 Å². The van der Waals surface area contributed by atoms with Crippen molar-refractivity contribution in [2.45, 2.75) is 26.3 Å². The molecule has 1 aromatic carbocycles. The summed E-state index contributed by atoms with van der Waals surface area (Å²) in [5, 5.41) is 5.64. The van der Waals surface area contributed by atoms with E-state index in [0.717, 1.165) is 24.9 Å². The standard InChI is InChI=1S/C16H16ClN7O/c1-2-3-6-24-14-11(13(17)21-15(18)22-14)12(23-24)8-4-5-10-9(7-8)20-16(19)25-10/h4-5,7H,2-3,6H2,1H3,(H2,19,20)(H2,18,21,22). The largest absolute Gasteiger partial charge is 0.424 e. The average Bonchev–Trinajstić information content (AvgIpc) is 3.11. The predicted molar refractivity (Wildman–Crippen MR) is 97.1 cm³/mol. The number of aryl methyl sites for hydroxylation is 1. The van der Waals surface area contributed by atoms with Crippen molar-refractivity contribution in [3.63, 3.8) is 0 Å². The quantitative estimate of drug-likeness (QED) is 0.537. The Kier molecular flexibility index (Phi) is 3.69. The van der Waals surface area contributed by atoms with Crippen LogP contribution >= 0.6 is 11.6 Å². The first-order valence-electron chi connectivity index (χ1n) is 7.92. The summed E-state index contributed by atoms with van der Waals surface area (Å²) < 4.78 is 7.14. The van der Waals surface area contributed by atoms with E-state index in [1.54, 1.807) is 6.07 Å². The molecule has 128 valence electrons. The molecule has 0 spiro atoms. The highest BCUT2D eigenvalue weighted by Crippen LogP contribution is 2.33. The lowest BCUT2D eigenvalue weighted by Gasteiger charge is -2.01. The summed E-state index contributed by atoms with van der Waals surface area (Å²) in [7, 11) is 0. The molecule has 0 aliphatic heterocycles. The van der Waals surface area contributed by atoms with Gasteiger partial charge in [-0.1, -0.05) is 24.9 Å². The Bertz CT molecular complexity index is 1090. The SMILES string of the molecule is CCCCn1nc(-c2ccc3oc(N)nc3c2)c2c(Cl)nc(N)nc21. The van der Waals surface area contributed by atoms with E-state index >= 15 is 0 Å². The molecule has 0 saturated carbocycles. The normalized spacial score (nSPS) is 11.6. The molecule has 0 aliphatic rings. The second-order valence-electron chi connectivity index (χ2n) is 5.73. The van der Waals surface area contributed by atoms with Crippen molar-refractivity contribution in [2.24, 2.45) is 0 Å². The molecule has 9 heteroatoms. The molecule has 8 nitrogen and oxygen atoms in total. The van der Waals surface area contributed by atoms with Gasteiger partial charge in [-0.2, -0.15) is 15.1 Å². The Labute approximate surface area is 147 Å². The number of oxazole rings is 1. The molecule has 0 amide bonds. The van der Waals surface area contributed by atoms with E-state index in [2.05, 4.69) is 21.9 Å². The van der Waals surface area contributed by atoms with Gasteiger partial charge in [0.05, 0.1) is 5.39 Å². The van der Waals surface area contributed by atoms with E-state index in [9.17, 15) is 0 Å². The van der Waals surface area contributed by atoms with E-state index < -0.39 is 0 Å². The second kappa shape index (κ2) is 5.89. The van der Waals surface area contributed by atoms with Crippen LogP contribution < -0.4 is 11.5 Å². The summed E-state index contributed by atoms with van der Waals surface area (Å²) in [4.78, 5) is 12.6. The van der Waals surface area contributed by atoms with Crippen molar-refractivity contribution in [1.82, 2.24) is 24.7 Å². The van der Waals surface area contributed by atoms with Crippen molar-refractivity contribution in [2.75, 3.05) is 11.5 Å². The number of unbranched alkanes of at least 4 members (excludes halogenated alkanes) is 1. The third kappa shape index (κ3) is 2.64. The van der Waals surface area contributed by atoms with Gasteiger partial charge in [-0.25, -0.2) is 9.67 Å². The first-order valence-corrected chi connectivity index (χ1v) is 8.30. The number of hydrogen-bond acceptors (Lipinski definition) is 7. The number of fused-ring (bicyclic) bond motifs is 2. The number of anilines is 2. The zero-order valence-electron chi connectivity index (χ0n) is 13.5. The molecule has 0 atom stereocenters. The smallest absolute Gasteiger partial charge is 0.292 e. The van der Waals surface area contributed by atoms with E-state index in [1.165, 1.54) is 0 Å². The van der Waals surface area contributed by atoms with Gasteiger partial charge < -0.3 is 15.9 Å². The fourth-order valence-corrected chi connectivity index (χ4v) is 3.07. The highest BCUT2D eigenvalue weighted by Gasteiger charge is 2.19. The number of hydrogen-bond donors (Lipinski definition) is 2. The molecule has 0 aliphatic carbocycles.